The van der Waals surface area contributed by atoms with Crippen molar-refractivity contribution in [3.63, 3.8) is 0 Å². The van der Waals surface area contributed by atoms with Gasteiger partial charge in [-0.2, -0.15) is 0 Å². The third kappa shape index (κ3) is 5.58. The lowest BCUT2D eigenvalue weighted by atomic mass is 9.72. The first-order valence-electron chi connectivity index (χ1n) is 13.0. The molecule has 0 radical (unpaired) electrons. The smallest absolute Gasteiger partial charge is 0.309 e. The molecular weight excluding hydrogens is 474 g/mol. The largest absolute Gasteiger partial charge is 0.457 e. The van der Waals surface area contributed by atoms with E-state index in [4.69, 9.17) is 4.74 Å². The van der Waals surface area contributed by atoms with Crippen molar-refractivity contribution in [2.24, 2.45) is 29.1 Å². The normalized spacial score (nSPS) is 35.6. The van der Waals surface area contributed by atoms with E-state index in [-0.39, 0.29) is 18.1 Å². The van der Waals surface area contributed by atoms with Gasteiger partial charge in [0.05, 0.1) is 39.3 Å². The SMILES string of the molecule is C/C1=C/C[C@H](c2ccc3sc(C)nc3c2)OC(=O)C[C@H](O)C(C)(C)C(=O)[C@H](C)[C@H](O)[C@@H](C)C2CC2C1. The molecule has 0 amide bonds. The highest BCUT2D eigenvalue weighted by Crippen LogP contribution is 2.50. The fourth-order valence-corrected chi connectivity index (χ4v) is 6.51. The number of benzene rings is 1. The van der Waals surface area contributed by atoms with Crippen molar-refractivity contribution < 1.29 is 24.5 Å². The van der Waals surface area contributed by atoms with Gasteiger partial charge in [0.25, 0.3) is 0 Å². The predicted octanol–water partition coefficient (Wildman–Crippen LogP) is 5.54. The van der Waals surface area contributed by atoms with Gasteiger partial charge in [-0.05, 0) is 62.1 Å². The lowest BCUT2D eigenvalue weighted by molar-refractivity contribution is -0.155. The van der Waals surface area contributed by atoms with E-state index in [1.54, 1.807) is 32.1 Å². The summed E-state index contributed by atoms with van der Waals surface area (Å²) in [5, 5.41) is 22.9. The molecular formula is C29H39NO5S. The fourth-order valence-electron chi connectivity index (χ4n) is 5.70. The molecule has 6 nitrogen and oxygen atoms in total. The van der Waals surface area contributed by atoms with Crippen LogP contribution in [-0.2, 0) is 14.3 Å². The van der Waals surface area contributed by atoms with Crippen LogP contribution in [0.5, 0.6) is 0 Å². The van der Waals surface area contributed by atoms with E-state index >= 15 is 0 Å². The number of thiazole rings is 1. The molecule has 0 bridgehead atoms. The van der Waals surface area contributed by atoms with Crippen LogP contribution in [0.4, 0.5) is 0 Å². The van der Waals surface area contributed by atoms with Crippen molar-refractivity contribution in [1.82, 2.24) is 4.98 Å². The lowest BCUT2D eigenvalue weighted by Crippen LogP contribution is -2.45. The summed E-state index contributed by atoms with van der Waals surface area (Å²) in [6, 6.07) is 5.97. The second kappa shape index (κ2) is 10.3. The molecule has 1 aliphatic carbocycles. The standard InChI is InChI=1S/C29H39NO5S/c1-15-7-9-23(19-8-10-24-22(13-19)30-18(4)36-24)35-26(32)14-25(31)29(5,6)28(34)17(3)27(33)16(2)21-12-20(21)11-15/h7-8,10,13,16-17,20-21,23,25,27,31,33H,9,11-12,14H2,1-6H3/b15-7-/t16-,17+,20?,21?,23+,25-,27+/m0/s1. The average molecular weight is 514 g/mol. The molecule has 2 heterocycles. The van der Waals surface area contributed by atoms with Crippen molar-refractivity contribution in [3.05, 3.63) is 40.4 Å². The quantitative estimate of drug-likeness (QED) is 0.384. The lowest BCUT2D eigenvalue weighted by Gasteiger charge is -2.34. The van der Waals surface area contributed by atoms with E-state index < -0.39 is 35.6 Å². The highest BCUT2D eigenvalue weighted by Gasteiger charge is 2.47. The number of ketones is 1. The van der Waals surface area contributed by atoms with Gasteiger partial charge in [-0.3, -0.25) is 9.59 Å². The number of aryl methyl sites for hydroxylation is 1. The topological polar surface area (TPSA) is 96.7 Å². The predicted molar refractivity (Wildman–Crippen MR) is 142 cm³/mol. The molecule has 2 aliphatic rings. The zero-order chi connectivity index (χ0) is 26.4. The minimum atomic E-state index is -1.22. The molecule has 0 spiro atoms. The number of hydrogen-bond acceptors (Lipinski definition) is 7. The molecule has 4 rings (SSSR count). The maximum Gasteiger partial charge on any atom is 0.309 e. The van der Waals surface area contributed by atoms with Crippen LogP contribution in [0.1, 0.15) is 77.0 Å². The van der Waals surface area contributed by atoms with Gasteiger partial charge in [0.2, 0.25) is 0 Å². The van der Waals surface area contributed by atoms with Crippen molar-refractivity contribution in [1.29, 1.82) is 0 Å². The number of aromatic nitrogens is 1. The van der Waals surface area contributed by atoms with Crippen molar-refractivity contribution in [3.8, 4) is 0 Å². The van der Waals surface area contributed by atoms with E-state index in [0.29, 0.717) is 18.3 Å². The number of aliphatic hydroxyl groups excluding tert-OH is 2. The number of hydrogen-bond donors (Lipinski definition) is 2. The first-order chi connectivity index (χ1) is 16.9. The Kier molecular flexibility index (Phi) is 7.75. The van der Waals surface area contributed by atoms with Crippen LogP contribution in [-0.4, -0.2) is 39.2 Å². The number of nitrogens with zero attached hydrogens (tertiary/aromatic N) is 1. The van der Waals surface area contributed by atoms with Gasteiger partial charge in [0, 0.05) is 12.3 Å². The Balaban J connectivity index is 1.64. The molecule has 7 atom stereocenters. The number of allylic oxidation sites excluding steroid dienone is 1. The maximum absolute atomic E-state index is 13.3. The number of rotatable bonds is 1. The minimum absolute atomic E-state index is 0.00592. The summed E-state index contributed by atoms with van der Waals surface area (Å²) in [5.41, 5.74) is 1.79. The van der Waals surface area contributed by atoms with E-state index in [0.717, 1.165) is 33.6 Å². The molecule has 1 aliphatic heterocycles. The summed E-state index contributed by atoms with van der Waals surface area (Å²) in [5.74, 6) is -0.562. The molecule has 2 unspecified atom stereocenters. The number of carbonyl (C=O) groups is 2. The molecule has 196 valence electrons. The van der Waals surface area contributed by atoms with E-state index in [1.807, 2.05) is 32.0 Å². The van der Waals surface area contributed by atoms with Crippen LogP contribution in [0.2, 0.25) is 0 Å². The number of fused-ring (bicyclic) bond motifs is 2. The van der Waals surface area contributed by atoms with Crippen LogP contribution in [0.25, 0.3) is 10.2 Å². The Morgan fingerprint density at radius 1 is 1.11 bits per heavy atom. The van der Waals surface area contributed by atoms with Crippen LogP contribution in [0, 0.1) is 36.0 Å². The van der Waals surface area contributed by atoms with Gasteiger partial charge in [0.1, 0.15) is 11.9 Å². The van der Waals surface area contributed by atoms with Gasteiger partial charge in [-0.25, -0.2) is 4.98 Å². The second-order valence-corrected chi connectivity index (χ2v) is 12.8. The summed E-state index contributed by atoms with van der Waals surface area (Å²) >= 11 is 1.63. The Morgan fingerprint density at radius 2 is 1.83 bits per heavy atom. The van der Waals surface area contributed by atoms with E-state index in [2.05, 4.69) is 18.0 Å². The molecule has 1 aromatic heterocycles. The van der Waals surface area contributed by atoms with Crippen LogP contribution in [0.15, 0.2) is 29.8 Å². The summed E-state index contributed by atoms with van der Waals surface area (Å²) in [6.07, 6.45) is 1.84. The van der Waals surface area contributed by atoms with E-state index in [9.17, 15) is 19.8 Å². The molecule has 2 N–H and O–H groups in total. The molecule has 2 aromatic rings. The van der Waals surface area contributed by atoms with Gasteiger partial charge >= 0.3 is 5.97 Å². The third-order valence-corrected chi connectivity index (χ3v) is 9.33. The molecule has 1 fully saturated rings. The van der Waals surface area contributed by atoms with Crippen LogP contribution >= 0.6 is 11.3 Å². The molecule has 1 aromatic carbocycles. The van der Waals surface area contributed by atoms with Crippen LogP contribution in [0.3, 0.4) is 0 Å². The molecule has 0 saturated heterocycles. The minimum Gasteiger partial charge on any atom is -0.457 e. The summed E-state index contributed by atoms with van der Waals surface area (Å²) in [6.45, 7) is 11.1. The number of carbonyl (C=O) groups excluding carboxylic acids is 2. The zero-order valence-corrected chi connectivity index (χ0v) is 23.0. The first kappa shape index (κ1) is 27.0. The fraction of sp³-hybridized carbons (Fsp3) is 0.621. The van der Waals surface area contributed by atoms with E-state index in [1.165, 1.54) is 5.57 Å². The molecule has 36 heavy (non-hydrogen) atoms. The number of cyclic esters (lactones) is 1. The van der Waals surface area contributed by atoms with Crippen molar-refractivity contribution in [2.75, 3.05) is 0 Å². The Hall–Kier alpha value is -2.09. The average Bonchev–Trinajstić information content (AvgIpc) is 3.48. The molecule has 1 saturated carbocycles. The highest BCUT2D eigenvalue weighted by molar-refractivity contribution is 7.18. The third-order valence-electron chi connectivity index (χ3n) is 8.37. The Bertz CT molecular complexity index is 1170. The second-order valence-electron chi connectivity index (χ2n) is 11.5. The molecule has 7 heteroatoms. The number of aliphatic hydroxyl groups is 2. The highest BCUT2D eigenvalue weighted by atomic mass is 32.1. The van der Waals surface area contributed by atoms with Crippen molar-refractivity contribution >= 4 is 33.3 Å². The maximum atomic E-state index is 13.3. The Morgan fingerprint density at radius 3 is 2.56 bits per heavy atom. The summed E-state index contributed by atoms with van der Waals surface area (Å²) in [4.78, 5) is 30.9. The number of Topliss-reactive ketones (excluding diaryl/α,β-unsaturated/α-hetero) is 1. The first-order valence-corrected chi connectivity index (χ1v) is 13.8. The Labute approximate surface area is 217 Å². The van der Waals surface area contributed by atoms with Crippen molar-refractivity contribution in [2.45, 2.75) is 85.5 Å². The number of ether oxygens (including phenoxy) is 1. The monoisotopic (exact) mass is 513 g/mol. The van der Waals surface area contributed by atoms with Gasteiger partial charge in [-0.1, -0.05) is 45.4 Å². The number of esters is 1. The zero-order valence-electron chi connectivity index (χ0n) is 22.2. The summed E-state index contributed by atoms with van der Waals surface area (Å²) < 4.78 is 7.00. The van der Waals surface area contributed by atoms with Crippen LogP contribution < -0.4 is 0 Å². The van der Waals surface area contributed by atoms with Gasteiger partial charge in [0.15, 0.2) is 0 Å². The van der Waals surface area contributed by atoms with Gasteiger partial charge in [-0.15, -0.1) is 11.3 Å². The van der Waals surface area contributed by atoms with Gasteiger partial charge < -0.3 is 14.9 Å². The summed E-state index contributed by atoms with van der Waals surface area (Å²) in [7, 11) is 0.